The van der Waals surface area contributed by atoms with Gasteiger partial charge in [0.2, 0.25) is 0 Å². The molecule has 2 aromatic rings. The molecule has 3 N–H and O–H groups in total. The normalized spacial score (nSPS) is 10.9. The maximum atomic E-state index is 11.9. The minimum absolute atomic E-state index is 0.0144. The van der Waals surface area contributed by atoms with Gasteiger partial charge in [-0.25, -0.2) is 0 Å². The Bertz CT molecular complexity index is 827. The molecule has 0 aliphatic rings. The fraction of sp³-hybridized carbons (Fsp3) is 0.286. The van der Waals surface area contributed by atoms with Crippen LogP contribution in [-0.2, 0) is 13.1 Å². The van der Waals surface area contributed by atoms with Gasteiger partial charge < -0.3 is 20.9 Å². The number of nitrogens with zero attached hydrogens (tertiary/aromatic N) is 2. The third-order valence-corrected chi connectivity index (χ3v) is 4.19. The van der Waals surface area contributed by atoms with E-state index in [1.165, 1.54) is 0 Å². The van der Waals surface area contributed by atoms with Crippen molar-refractivity contribution < 1.29 is 9.59 Å². The number of hydrogen-bond donors (Lipinski definition) is 3. The summed E-state index contributed by atoms with van der Waals surface area (Å²) in [4.78, 5) is 29.3. The van der Waals surface area contributed by atoms with Crippen molar-refractivity contribution in [3.8, 4) is 0 Å². The van der Waals surface area contributed by atoms with E-state index in [4.69, 9.17) is 0 Å². The highest BCUT2D eigenvalue weighted by Gasteiger charge is 2.07. The molecule has 2 rings (SSSR count). The second-order valence-corrected chi connectivity index (χ2v) is 6.45. The smallest absolute Gasteiger partial charge is 0.253 e. The third-order valence-electron chi connectivity index (χ3n) is 4.19. The predicted molar refractivity (Wildman–Crippen MR) is 111 cm³/mol. The van der Waals surface area contributed by atoms with Crippen molar-refractivity contribution in [2.24, 2.45) is 4.99 Å². The molecular weight excluding hydrogens is 354 g/mol. The fourth-order valence-electron chi connectivity index (χ4n) is 2.53. The summed E-state index contributed by atoms with van der Waals surface area (Å²) in [7, 11) is 6.79. The number of benzene rings is 2. The van der Waals surface area contributed by atoms with Crippen LogP contribution in [0.5, 0.6) is 0 Å². The number of rotatable bonds is 6. The molecule has 0 spiro atoms. The first-order valence-corrected chi connectivity index (χ1v) is 9.00. The first-order chi connectivity index (χ1) is 13.4. The average Bonchev–Trinajstić information content (AvgIpc) is 2.73. The van der Waals surface area contributed by atoms with Crippen LogP contribution in [-0.4, -0.2) is 50.9 Å². The van der Waals surface area contributed by atoms with Crippen LogP contribution in [0.15, 0.2) is 53.5 Å². The Labute approximate surface area is 165 Å². The molecule has 2 amide bonds. The minimum Gasteiger partial charge on any atom is -0.355 e. The van der Waals surface area contributed by atoms with E-state index >= 15 is 0 Å². The molecule has 0 fully saturated rings. The Morgan fingerprint density at radius 3 is 1.71 bits per heavy atom. The Balaban J connectivity index is 1.86. The highest BCUT2D eigenvalue weighted by atomic mass is 16.2. The van der Waals surface area contributed by atoms with Crippen LogP contribution in [0, 0.1) is 0 Å². The Hall–Kier alpha value is -3.35. The Morgan fingerprint density at radius 2 is 1.32 bits per heavy atom. The second kappa shape index (κ2) is 10.1. The van der Waals surface area contributed by atoms with Crippen molar-refractivity contribution in [3.63, 3.8) is 0 Å². The lowest BCUT2D eigenvalue weighted by Crippen LogP contribution is -2.36. The van der Waals surface area contributed by atoms with Crippen molar-refractivity contribution in [1.82, 2.24) is 20.9 Å². The SMILES string of the molecule is CN=C(NCc1ccc(C(=O)NC)cc1)NCc1ccc(C(=O)N(C)C)cc1. The van der Waals surface area contributed by atoms with Gasteiger partial charge in [0.15, 0.2) is 5.96 Å². The third kappa shape index (κ3) is 5.84. The van der Waals surface area contributed by atoms with Crippen molar-refractivity contribution in [2.45, 2.75) is 13.1 Å². The van der Waals surface area contributed by atoms with Gasteiger partial charge in [-0.05, 0) is 35.4 Å². The van der Waals surface area contributed by atoms with E-state index in [0.29, 0.717) is 30.2 Å². The molecule has 0 aliphatic heterocycles. The zero-order valence-corrected chi connectivity index (χ0v) is 16.7. The van der Waals surface area contributed by atoms with Gasteiger partial charge in [0.05, 0.1) is 0 Å². The van der Waals surface area contributed by atoms with Crippen LogP contribution in [0.1, 0.15) is 31.8 Å². The Morgan fingerprint density at radius 1 is 0.857 bits per heavy atom. The van der Waals surface area contributed by atoms with Crippen molar-refractivity contribution in [3.05, 3.63) is 70.8 Å². The first kappa shape index (κ1) is 21.0. The summed E-state index contributed by atoms with van der Waals surface area (Å²) < 4.78 is 0. The van der Waals surface area contributed by atoms with Crippen LogP contribution in [0.4, 0.5) is 0 Å². The quantitative estimate of drug-likeness (QED) is 0.524. The van der Waals surface area contributed by atoms with Crippen LogP contribution >= 0.6 is 0 Å². The van der Waals surface area contributed by atoms with Crippen molar-refractivity contribution in [2.75, 3.05) is 28.2 Å². The summed E-state index contributed by atoms with van der Waals surface area (Å²) in [5, 5.41) is 9.09. The molecule has 0 radical (unpaired) electrons. The molecule has 7 nitrogen and oxygen atoms in total. The number of carbonyl (C=O) groups excluding carboxylic acids is 2. The van der Waals surface area contributed by atoms with E-state index in [-0.39, 0.29) is 11.8 Å². The van der Waals surface area contributed by atoms with E-state index in [0.717, 1.165) is 11.1 Å². The molecule has 0 saturated heterocycles. The maximum absolute atomic E-state index is 11.9. The molecule has 0 aromatic heterocycles. The number of nitrogens with one attached hydrogen (secondary N) is 3. The van der Waals surface area contributed by atoms with Crippen LogP contribution < -0.4 is 16.0 Å². The monoisotopic (exact) mass is 381 g/mol. The molecule has 7 heteroatoms. The molecule has 2 aromatic carbocycles. The Kier molecular flexibility index (Phi) is 7.56. The minimum atomic E-state index is -0.102. The van der Waals surface area contributed by atoms with Crippen LogP contribution in [0.3, 0.4) is 0 Å². The van der Waals surface area contributed by atoms with Crippen LogP contribution in [0.2, 0.25) is 0 Å². The molecule has 0 bridgehead atoms. The predicted octanol–water partition coefficient (Wildman–Crippen LogP) is 1.61. The molecular formula is C21H27N5O2. The summed E-state index contributed by atoms with van der Waals surface area (Å²) in [5.41, 5.74) is 3.39. The summed E-state index contributed by atoms with van der Waals surface area (Å²) in [6.45, 7) is 1.18. The van der Waals surface area contributed by atoms with Gasteiger partial charge in [-0.1, -0.05) is 24.3 Å². The number of hydrogen-bond acceptors (Lipinski definition) is 3. The molecule has 0 unspecified atom stereocenters. The van der Waals surface area contributed by atoms with Gasteiger partial charge in [-0.15, -0.1) is 0 Å². The van der Waals surface area contributed by atoms with Gasteiger partial charge in [-0.2, -0.15) is 0 Å². The summed E-state index contributed by atoms with van der Waals surface area (Å²) in [5.74, 6) is 0.554. The molecule has 0 saturated carbocycles. The molecule has 0 heterocycles. The van der Waals surface area contributed by atoms with Gasteiger partial charge in [0.25, 0.3) is 11.8 Å². The summed E-state index contributed by atoms with van der Waals surface area (Å²) >= 11 is 0. The average molecular weight is 381 g/mol. The number of amides is 2. The highest BCUT2D eigenvalue weighted by Crippen LogP contribution is 2.07. The zero-order valence-electron chi connectivity index (χ0n) is 16.7. The number of aliphatic imine (C=N–C) groups is 1. The maximum Gasteiger partial charge on any atom is 0.253 e. The van der Waals surface area contributed by atoms with Gasteiger partial charge in [0, 0.05) is 52.4 Å². The molecule has 0 aliphatic carbocycles. The van der Waals surface area contributed by atoms with Gasteiger partial charge in [0.1, 0.15) is 0 Å². The van der Waals surface area contributed by atoms with E-state index in [2.05, 4.69) is 20.9 Å². The first-order valence-electron chi connectivity index (χ1n) is 9.00. The zero-order chi connectivity index (χ0) is 20.5. The molecule has 28 heavy (non-hydrogen) atoms. The molecule has 148 valence electrons. The van der Waals surface area contributed by atoms with E-state index < -0.39 is 0 Å². The van der Waals surface area contributed by atoms with E-state index in [1.54, 1.807) is 45.2 Å². The lowest BCUT2D eigenvalue weighted by atomic mass is 10.1. The van der Waals surface area contributed by atoms with Crippen molar-refractivity contribution in [1.29, 1.82) is 0 Å². The van der Waals surface area contributed by atoms with Gasteiger partial charge in [-0.3, -0.25) is 14.6 Å². The lowest BCUT2D eigenvalue weighted by Gasteiger charge is -2.13. The lowest BCUT2D eigenvalue weighted by molar-refractivity contribution is 0.0827. The van der Waals surface area contributed by atoms with Gasteiger partial charge >= 0.3 is 0 Å². The largest absolute Gasteiger partial charge is 0.355 e. The summed E-state index contributed by atoms with van der Waals surface area (Å²) in [6, 6.07) is 14.9. The van der Waals surface area contributed by atoms with E-state index in [1.807, 2.05) is 36.4 Å². The van der Waals surface area contributed by atoms with Crippen molar-refractivity contribution >= 4 is 17.8 Å². The number of guanidine groups is 1. The topological polar surface area (TPSA) is 85.8 Å². The van der Waals surface area contributed by atoms with E-state index in [9.17, 15) is 9.59 Å². The fourth-order valence-corrected chi connectivity index (χ4v) is 2.53. The second-order valence-electron chi connectivity index (χ2n) is 6.45. The highest BCUT2D eigenvalue weighted by molar-refractivity contribution is 5.94. The standard InChI is InChI=1S/C21H27N5O2/c1-22-19(27)17-9-5-15(6-10-17)13-24-21(23-2)25-14-16-7-11-18(12-8-16)20(28)26(3)4/h5-12H,13-14H2,1-4H3,(H,22,27)(H2,23,24,25). The summed E-state index contributed by atoms with van der Waals surface area (Å²) in [6.07, 6.45) is 0. The van der Waals surface area contributed by atoms with Crippen LogP contribution in [0.25, 0.3) is 0 Å². The molecule has 0 atom stereocenters. The number of carbonyl (C=O) groups is 2.